The fraction of sp³-hybridized carbons (Fsp3) is 0.267. The number of carboxylic acid groups (broad SMARTS) is 1. The van der Waals surface area contributed by atoms with Gasteiger partial charge in [0.15, 0.2) is 0 Å². The number of halogens is 1. The molecular formula is C15H16ClNO2. The van der Waals surface area contributed by atoms with Crippen LogP contribution in [0.1, 0.15) is 23.4 Å². The Bertz CT molecular complexity index is 617. The Morgan fingerprint density at radius 3 is 2.63 bits per heavy atom. The SMILES string of the molecule is Cc1cc(CCC(=O)O)c(C)n1-c1ccccc1Cl. The second kappa shape index (κ2) is 5.49. The van der Waals surface area contributed by atoms with E-state index in [0.717, 1.165) is 22.6 Å². The summed E-state index contributed by atoms with van der Waals surface area (Å²) in [6, 6.07) is 9.68. The van der Waals surface area contributed by atoms with Crippen molar-refractivity contribution in [1.82, 2.24) is 4.57 Å². The molecule has 2 aromatic rings. The molecule has 0 aliphatic heterocycles. The molecule has 19 heavy (non-hydrogen) atoms. The van der Waals surface area contributed by atoms with E-state index in [1.54, 1.807) is 0 Å². The number of aromatic nitrogens is 1. The first-order chi connectivity index (χ1) is 9.00. The minimum absolute atomic E-state index is 0.146. The van der Waals surface area contributed by atoms with Gasteiger partial charge in [-0.3, -0.25) is 4.79 Å². The number of benzene rings is 1. The molecule has 0 unspecified atom stereocenters. The fourth-order valence-electron chi connectivity index (χ4n) is 2.33. The van der Waals surface area contributed by atoms with Crippen LogP contribution in [0.15, 0.2) is 30.3 Å². The molecule has 100 valence electrons. The van der Waals surface area contributed by atoms with Crippen LogP contribution in [0.25, 0.3) is 5.69 Å². The van der Waals surface area contributed by atoms with E-state index in [4.69, 9.17) is 16.7 Å². The fourth-order valence-corrected chi connectivity index (χ4v) is 2.55. The summed E-state index contributed by atoms with van der Waals surface area (Å²) in [7, 11) is 0. The summed E-state index contributed by atoms with van der Waals surface area (Å²) in [5.41, 5.74) is 4.10. The van der Waals surface area contributed by atoms with Gasteiger partial charge in [-0.05, 0) is 44.0 Å². The van der Waals surface area contributed by atoms with Gasteiger partial charge in [0, 0.05) is 17.8 Å². The standard InChI is InChI=1S/C15H16ClNO2/c1-10-9-12(7-8-15(18)19)11(2)17(10)14-6-4-3-5-13(14)16/h3-6,9H,7-8H2,1-2H3,(H,18,19). The summed E-state index contributed by atoms with van der Waals surface area (Å²) < 4.78 is 2.07. The van der Waals surface area contributed by atoms with E-state index in [2.05, 4.69) is 4.57 Å². The second-order valence-corrected chi connectivity index (χ2v) is 4.98. The number of carboxylic acids is 1. The summed E-state index contributed by atoms with van der Waals surface area (Å²) >= 11 is 6.22. The molecule has 4 heteroatoms. The van der Waals surface area contributed by atoms with Crippen LogP contribution in [0.5, 0.6) is 0 Å². The molecule has 0 saturated carbocycles. The number of nitrogens with zero attached hydrogens (tertiary/aromatic N) is 1. The maximum absolute atomic E-state index is 10.7. The third kappa shape index (κ3) is 2.82. The van der Waals surface area contributed by atoms with Crippen molar-refractivity contribution in [3.8, 4) is 5.69 Å². The number of carbonyl (C=O) groups is 1. The Morgan fingerprint density at radius 1 is 1.32 bits per heavy atom. The maximum Gasteiger partial charge on any atom is 0.303 e. The van der Waals surface area contributed by atoms with Gasteiger partial charge in [-0.2, -0.15) is 0 Å². The molecule has 0 atom stereocenters. The van der Waals surface area contributed by atoms with Crippen LogP contribution in [-0.4, -0.2) is 15.6 Å². The molecule has 1 aromatic heterocycles. The van der Waals surface area contributed by atoms with Gasteiger partial charge >= 0.3 is 5.97 Å². The molecule has 1 aromatic carbocycles. The molecule has 0 aliphatic carbocycles. The molecule has 0 fully saturated rings. The predicted octanol–water partition coefficient (Wildman–Crippen LogP) is 3.76. The highest BCUT2D eigenvalue weighted by Crippen LogP contribution is 2.26. The van der Waals surface area contributed by atoms with E-state index in [0.29, 0.717) is 11.4 Å². The lowest BCUT2D eigenvalue weighted by Gasteiger charge is -2.11. The molecule has 0 saturated heterocycles. The molecule has 1 N–H and O–H groups in total. The summed E-state index contributed by atoms with van der Waals surface area (Å²) in [4.78, 5) is 10.7. The van der Waals surface area contributed by atoms with Crippen LogP contribution in [0.2, 0.25) is 5.02 Å². The van der Waals surface area contributed by atoms with Gasteiger partial charge < -0.3 is 9.67 Å². The van der Waals surface area contributed by atoms with Gasteiger partial charge in [0.2, 0.25) is 0 Å². The highest BCUT2D eigenvalue weighted by molar-refractivity contribution is 6.32. The van der Waals surface area contributed by atoms with Crippen molar-refractivity contribution in [3.05, 3.63) is 52.3 Å². The quantitative estimate of drug-likeness (QED) is 0.924. The minimum atomic E-state index is -0.775. The highest BCUT2D eigenvalue weighted by atomic mass is 35.5. The zero-order valence-electron chi connectivity index (χ0n) is 11.0. The summed E-state index contributed by atoms with van der Waals surface area (Å²) in [5.74, 6) is -0.775. The van der Waals surface area contributed by atoms with Crippen LogP contribution in [0, 0.1) is 13.8 Å². The lowest BCUT2D eigenvalue weighted by atomic mass is 10.1. The number of aliphatic carboxylic acids is 1. The molecule has 3 nitrogen and oxygen atoms in total. The van der Waals surface area contributed by atoms with Gasteiger partial charge in [0.1, 0.15) is 0 Å². The third-order valence-corrected chi connectivity index (χ3v) is 3.56. The molecule has 0 aliphatic rings. The van der Waals surface area contributed by atoms with E-state index < -0.39 is 5.97 Å². The van der Waals surface area contributed by atoms with Crippen molar-refractivity contribution in [1.29, 1.82) is 0 Å². The van der Waals surface area contributed by atoms with E-state index in [1.807, 2.05) is 44.2 Å². The average molecular weight is 278 g/mol. The molecule has 0 radical (unpaired) electrons. The van der Waals surface area contributed by atoms with Crippen molar-refractivity contribution in [2.45, 2.75) is 26.7 Å². The Labute approximate surface area is 117 Å². The summed E-state index contributed by atoms with van der Waals surface area (Å²) in [6.45, 7) is 3.99. The molecule has 0 bridgehead atoms. The van der Waals surface area contributed by atoms with Gasteiger partial charge in [0.25, 0.3) is 0 Å². The summed E-state index contributed by atoms with van der Waals surface area (Å²) in [5, 5.41) is 9.46. The van der Waals surface area contributed by atoms with Gasteiger partial charge in [0.05, 0.1) is 10.7 Å². The van der Waals surface area contributed by atoms with Crippen LogP contribution in [-0.2, 0) is 11.2 Å². The normalized spacial score (nSPS) is 10.7. The van der Waals surface area contributed by atoms with Crippen molar-refractivity contribution >= 4 is 17.6 Å². The Balaban J connectivity index is 2.42. The number of rotatable bonds is 4. The van der Waals surface area contributed by atoms with E-state index in [-0.39, 0.29) is 6.42 Å². The maximum atomic E-state index is 10.7. The second-order valence-electron chi connectivity index (χ2n) is 4.58. The third-order valence-electron chi connectivity index (χ3n) is 3.24. The van der Waals surface area contributed by atoms with Crippen LogP contribution in [0.3, 0.4) is 0 Å². The Kier molecular flexibility index (Phi) is 3.96. The first kappa shape index (κ1) is 13.7. The van der Waals surface area contributed by atoms with E-state index in [1.165, 1.54) is 0 Å². The molecule has 0 amide bonds. The number of hydrogen-bond acceptors (Lipinski definition) is 1. The smallest absolute Gasteiger partial charge is 0.303 e. The predicted molar refractivity (Wildman–Crippen MR) is 76.2 cm³/mol. The van der Waals surface area contributed by atoms with Crippen molar-refractivity contribution in [2.24, 2.45) is 0 Å². The molecule has 1 heterocycles. The molecular weight excluding hydrogens is 262 g/mol. The first-order valence-corrected chi connectivity index (χ1v) is 6.53. The van der Waals surface area contributed by atoms with Crippen LogP contribution < -0.4 is 0 Å². The first-order valence-electron chi connectivity index (χ1n) is 6.15. The van der Waals surface area contributed by atoms with Crippen molar-refractivity contribution < 1.29 is 9.90 Å². The van der Waals surface area contributed by atoms with Crippen LogP contribution >= 0.6 is 11.6 Å². The topological polar surface area (TPSA) is 42.2 Å². The number of hydrogen-bond donors (Lipinski definition) is 1. The molecule has 2 rings (SSSR count). The Morgan fingerprint density at radius 2 is 2.00 bits per heavy atom. The van der Waals surface area contributed by atoms with E-state index >= 15 is 0 Å². The van der Waals surface area contributed by atoms with Gasteiger partial charge in [-0.15, -0.1) is 0 Å². The molecule has 0 spiro atoms. The monoisotopic (exact) mass is 277 g/mol. The minimum Gasteiger partial charge on any atom is -0.481 e. The Hall–Kier alpha value is -1.74. The number of para-hydroxylation sites is 1. The number of aryl methyl sites for hydroxylation is 2. The zero-order chi connectivity index (χ0) is 14.0. The largest absolute Gasteiger partial charge is 0.481 e. The van der Waals surface area contributed by atoms with Gasteiger partial charge in [-0.1, -0.05) is 23.7 Å². The lowest BCUT2D eigenvalue weighted by molar-refractivity contribution is -0.136. The lowest BCUT2D eigenvalue weighted by Crippen LogP contribution is -2.02. The summed E-state index contributed by atoms with van der Waals surface area (Å²) in [6.07, 6.45) is 0.687. The van der Waals surface area contributed by atoms with E-state index in [9.17, 15) is 4.79 Å². The highest BCUT2D eigenvalue weighted by Gasteiger charge is 2.13. The van der Waals surface area contributed by atoms with Crippen LogP contribution in [0.4, 0.5) is 0 Å². The zero-order valence-corrected chi connectivity index (χ0v) is 11.7. The van der Waals surface area contributed by atoms with Gasteiger partial charge in [-0.25, -0.2) is 0 Å². The van der Waals surface area contributed by atoms with Crippen molar-refractivity contribution in [2.75, 3.05) is 0 Å². The average Bonchev–Trinajstić information content (AvgIpc) is 2.63. The van der Waals surface area contributed by atoms with Crippen molar-refractivity contribution in [3.63, 3.8) is 0 Å².